The van der Waals surface area contributed by atoms with Crippen LogP contribution in [0.5, 0.6) is 0 Å². The van der Waals surface area contributed by atoms with Gasteiger partial charge in [0, 0.05) is 6.04 Å². The summed E-state index contributed by atoms with van der Waals surface area (Å²) >= 11 is 0. The van der Waals surface area contributed by atoms with Gasteiger partial charge in [-0.15, -0.1) is 0 Å². The van der Waals surface area contributed by atoms with Crippen molar-refractivity contribution in [3.63, 3.8) is 0 Å². The van der Waals surface area contributed by atoms with Crippen LogP contribution in [0.2, 0.25) is 0 Å². The standard InChI is InChI=1S/C16H21N3O3/c1-2-9-22-15(20)11-3-4-14-13(10-11)18-16(21)19(14)12-5-7-17-8-6-12/h2-4,10,12,16-18,21H,1,5-9H2. The maximum Gasteiger partial charge on any atom is 0.338 e. The summed E-state index contributed by atoms with van der Waals surface area (Å²) in [5.74, 6) is -0.390. The quantitative estimate of drug-likeness (QED) is 0.575. The summed E-state index contributed by atoms with van der Waals surface area (Å²) in [4.78, 5) is 13.9. The zero-order valence-electron chi connectivity index (χ0n) is 12.4. The second-order valence-electron chi connectivity index (χ2n) is 5.53. The molecule has 3 N–H and O–H groups in total. The van der Waals surface area contributed by atoms with Crippen LogP contribution in [0.25, 0.3) is 0 Å². The maximum atomic E-state index is 11.9. The normalized spacial score (nSPS) is 21.1. The van der Waals surface area contributed by atoms with Crippen molar-refractivity contribution < 1.29 is 14.6 Å². The number of carbonyl (C=O) groups excluding carboxylic acids is 1. The Balaban J connectivity index is 1.80. The molecular weight excluding hydrogens is 282 g/mol. The highest BCUT2D eigenvalue weighted by molar-refractivity contribution is 5.93. The topological polar surface area (TPSA) is 73.8 Å². The lowest BCUT2D eigenvalue weighted by atomic mass is 10.0. The van der Waals surface area contributed by atoms with Crippen molar-refractivity contribution in [2.45, 2.75) is 25.2 Å². The first-order valence-corrected chi connectivity index (χ1v) is 7.56. The van der Waals surface area contributed by atoms with Gasteiger partial charge in [-0.25, -0.2) is 4.79 Å². The first kappa shape index (κ1) is 14.9. The van der Waals surface area contributed by atoms with E-state index in [4.69, 9.17) is 4.74 Å². The van der Waals surface area contributed by atoms with E-state index in [-0.39, 0.29) is 12.6 Å². The molecule has 0 aromatic heterocycles. The Kier molecular flexibility index (Phi) is 4.31. The van der Waals surface area contributed by atoms with Crippen molar-refractivity contribution in [2.24, 2.45) is 0 Å². The number of hydrogen-bond donors (Lipinski definition) is 3. The van der Waals surface area contributed by atoms with Crippen LogP contribution in [0.1, 0.15) is 23.2 Å². The Hall–Kier alpha value is -2.05. The van der Waals surface area contributed by atoms with Crippen LogP contribution in [0.3, 0.4) is 0 Å². The molecule has 1 saturated heterocycles. The predicted octanol–water partition coefficient (Wildman–Crippen LogP) is 1.29. The molecule has 0 bridgehead atoms. The Morgan fingerprint density at radius 2 is 2.23 bits per heavy atom. The minimum atomic E-state index is -0.752. The van der Waals surface area contributed by atoms with Gasteiger partial charge in [0.1, 0.15) is 6.61 Å². The molecule has 6 nitrogen and oxygen atoms in total. The van der Waals surface area contributed by atoms with Gasteiger partial charge in [0.05, 0.1) is 16.9 Å². The fraction of sp³-hybridized carbons (Fsp3) is 0.438. The van der Waals surface area contributed by atoms with E-state index in [9.17, 15) is 9.90 Å². The SMILES string of the molecule is C=CCOC(=O)c1ccc2c(c1)NC(O)N2C1CCNCC1. The zero-order valence-corrected chi connectivity index (χ0v) is 12.4. The molecule has 2 aliphatic rings. The van der Waals surface area contributed by atoms with Gasteiger partial charge in [0.25, 0.3) is 0 Å². The molecule has 0 saturated carbocycles. The molecule has 0 spiro atoms. The summed E-state index contributed by atoms with van der Waals surface area (Å²) < 4.78 is 5.04. The molecule has 118 valence electrons. The van der Waals surface area contributed by atoms with Crippen LogP contribution in [0, 0.1) is 0 Å². The van der Waals surface area contributed by atoms with Crippen molar-refractivity contribution >= 4 is 17.3 Å². The van der Waals surface area contributed by atoms with Crippen molar-refractivity contribution in [3.8, 4) is 0 Å². The smallest absolute Gasteiger partial charge is 0.338 e. The summed E-state index contributed by atoms with van der Waals surface area (Å²) in [6.45, 7) is 5.62. The Morgan fingerprint density at radius 1 is 1.45 bits per heavy atom. The summed E-state index contributed by atoms with van der Waals surface area (Å²) in [6.07, 6.45) is 2.76. The van der Waals surface area contributed by atoms with Crippen LogP contribution in [-0.2, 0) is 4.74 Å². The lowest BCUT2D eigenvalue weighted by Crippen LogP contribution is -2.48. The summed E-state index contributed by atoms with van der Waals surface area (Å²) in [5.41, 5.74) is 2.16. The van der Waals surface area contributed by atoms with Crippen LogP contribution < -0.4 is 15.5 Å². The van der Waals surface area contributed by atoms with E-state index in [1.54, 1.807) is 12.1 Å². The third kappa shape index (κ3) is 2.80. The van der Waals surface area contributed by atoms with Crippen LogP contribution in [0.15, 0.2) is 30.9 Å². The van der Waals surface area contributed by atoms with Crippen molar-refractivity contribution in [1.29, 1.82) is 0 Å². The minimum absolute atomic E-state index is 0.188. The van der Waals surface area contributed by atoms with Gasteiger partial charge in [-0.1, -0.05) is 12.7 Å². The summed E-state index contributed by atoms with van der Waals surface area (Å²) in [7, 11) is 0. The second kappa shape index (κ2) is 6.37. The van der Waals surface area contributed by atoms with E-state index in [1.807, 2.05) is 11.0 Å². The number of aliphatic hydroxyl groups excluding tert-OH is 1. The molecular formula is C16H21N3O3. The average Bonchev–Trinajstić information content (AvgIpc) is 2.88. The number of fused-ring (bicyclic) bond motifs is 1. The van der Waals surface area contributed by atoms with Crippen LogP contribution in [-0.4, -0.2) is 43.2 Å². The van der Waals surface area contributed by atoms with Gasteiger partial charge in [-0.05, 0) is 44.1 Å². The third-order valence-corrected chi connectivity index (χ3v) is 4.09. The molecule has 3 rings (SSSR count). The van der Waals surface area contributed by atoms with Crippen molar-refractivity contribution in [1.82, 2.24) is 5.32 Å². The molecule has 1 aromatic rings. The third-order valence-electron chi connectivity index (χ3n) is 4.09. The fourth-order valence-corrected chi connectivity index (χ4v) is 3.04. The lowest BCUT2D eigenvalue weighted by molar-refractivity contribution is 0.0550. The number of esters is 1. The van der Waals surface area contributed by atoms with Gasteiger partial charge in [-0.2, -0.15) is 0 Å². The Labute approximate surface area is 129 Å². The highest BCUT2D eigenvalue weighted by Gasteiger charge is 2.33. The van der Waals surface area contributed by atoms with E-state index in [1.165, 1.54) is 6.08 Å². The fourth-order valence-electron chi connectivity index (χ4n) is 3.04. The van der Waals surface area contributed by atoms with Gasteiger partial charge in [0.2, 0.25) is 6.35 Å². The van der Waals surface area contributed by atoms with Gasteiger partial charge in [-0.3, -0.25) is 0 Å². The molecule has 0 radical (unpaired) electrons. The highest BCUT2D eigenvalue weighted by Crippen LogP contribution is 2.37. The van der Waals surface area contributed by atoms with Crippen molar-refractivity contribution in [2.75, 3.05) is 29.9 Å². The summed E-state index contributed by atoms with van der Waals surface area (Å²) in [6, 6.07) is 5.62. The number of benzene rings is 1. The largest absolute Gasteiger partial charge is 0.458 e. The zero-order chi connectivity index (χ0) is 15.5. The number of ether oxygens (including phenoxy) is 1. The highest BCUT2D eigenvalue weighted by atomic mass is 16.5. The molecule has 22 heavy (non-hydrogen) atoms. The van der Waals surface area contributed by atoms with E-state index in [2.05, 4.69) is 17.2 Å². The molecule has 1 fully saturated rings. The number of anilines is 2. The molecule has 1 aromatic carbocycles. The average molecular weight is 303 g/mol. The van der Waals surface area contributed by atoms with Crippen molar-refractivity contribution in [3.05, 3.63) is 36.4 Å². The Bertz CT molecular complexity index is 570. The maximum absolute atomic E-state index is 11.9. The number of hydrogen-bond acceptors (Lipinski definition) is 6. The first-order valence-electron chi connectivity index (χ1n) is 7.56. The lowest BCUT2D eigenvalue weighted by Gasteiger charge is -2.35. The van der Waals surface area contributed by atoms with Gasteiger partial charge < -0.3 is 25.4 Å². The van der Waals surface area contributed by atoms with E-state index in [0.717, 1.165) is 37.3 Å². The molecule has 0 aliphatic carbocycles. The van der Waals surface area contributed by atoms with Gasteiger partial charge in [0.15, 0.2) is 0 Å². The molecule has 2 heterocycles. The number of aliphatic hydroxyl groups is 1. The number of carbonyl (C=O) groups is 1. The summed E-state index contributed by atoms with van der Waals surface area (Å²) in [5, 5.41) is 16.7. The first-order chi connectivity index (χ1) is 10.7. The molecule has 1 atom stereocenters. The molecule has 2 aliphatic heterocycles. The van der Waals surface area contributed by atoms with E-state index >= 15 is 0 Å². The number of rotatable bonds is 4. The Morgan fingerprint density at radius 3 is 2.95 bits per heavy atom. The molecule has 6 heteroatoms. The van der Waals surface area contributed by atoms with E-state index in [0.29, 0.717) is 11.6 Å². The van der Waals surface area contributed by atoms with Crippen LogP contribution >= 0.6 is 0 Å². The van der Waals surface area contributed by atoms with Crippen LogP contribution in [0.4, 0.5) is 11.4 Å². The minimum Gasteiger partial charge on any atom is -0.458 e. The van der Waals surface area contributed by atoms with E-state index < -0.39 is 6.35 Å². The number of nitrogens with zero attached hydrogens (tertiary/aromatic N) is 1. The predicted molar refractivity (Wildman–Crippen MR) is 84.9 cm³/mol. The number of piperidine rings is 1. The number of nitrogens with one attached hydrogen (secondary N) is 2. The second-order valence-corrected chi connectivity index (χ2v) is 5.53. The monoisotopic (exact) mass is 303 g/mol. The molecule has 0 amide bonds. The molecule has 1 unspecified atom stereocenters. The van der Waals surface area contributed by atoms with Gasteiger partial charge >= 0.3 is 5.97 Å².